The van der Waals surface area contributed by atoms with E-state index in [-0.39, 0.29) is 17.3 Å². The first kappa shape index (κ1) is 15.6. The minimum absolute atomic E-state index is 0.0221. The van der Waals surface area contributed by atoms with Crippen LogP contribution >= 0.6 is 0 Å². The Labute approximate surface area is 120 Å². The van der Waals surface area contributed by atoms with Crippen LogP contribution in [0.15, 0.2) is 18.2 Å². The summed E-state index contributed by atoms with van der Waals surface area (Å²) < 4.78 is 38.5. The average Bonchev–Trinajstić information content (AvgIpc) is 2.37. The molecular formula is C14H17F3N2O2. The maximum Gasteiger partial charge on any atom is 0.416 e. The van der Waals surface area contributed by atoms with Gasteiger partial charge in [-0.05, 0) is 44.6 Å². The van der Waals surface area contributed by atoms with E-state index in [4.69, 9.17) is 5.11 Å². The maximum atomic E-state index is 12.8. The van der Waals surface area contributed by atoms with Crippen molar-refractivity contribution in [2.45, 2.75) is 25.1 Å². The van der Waals surface area contributed by atoms with Gasteiger partial charge in [0.15, 0.2) is 0 Å². The predicted octanol–water partition coefficient (Wildman–Crippen LogP) is 2.91. The van der Waals surface area contributed by atoms with Crippen molar-refractivity contribution in [1.82, 2.24) is 4.90 Å². The lowest BCUT2D eigenvalue weighted by Gasteiger charge is -2.31. The van der Waals surface area contributed by atoms with Crippen LogP contribution in [0.5, 0.6) is 0 Å². The van der Waals surface area contributed by atoms with Gasteiger partial charge in [-0.15, -0.1) is 0 Å². The fraction of sp³-hybridized carbons (Fsp3) is 0.500. The SMILES string of the molecule is CN1CCC[C@@H](Nc2cc(C(=O)O)cc(C(F)(F)F)c2)C1. The molecule has 4 nitrogen and oxygen atoms in total. The van der Waals surface area contributed by atoms with E-state index in [1.165, 1.54) is 6.07 Å². The number of benzene rings is 1. The number of hydrogen-bond donors (Lipinski definition) is 2. The number of aromatic carboxylic acids is 1. The van der Waals surface area contributed by atoms with Crippen LogP contribution in [-0.2, 0) is 6.18 Å². The maximum absolute atomic E-state index is 12.8. The van der Waals surface area contributed by atoms with Gasteiger partial charge in [-0.1, -0.05) is 0 Å². The van der Waals surface area contributed by atoms with Gasteiger partial charge in [-0.3, -0.25) is 0 Å². The van der Waals surface area contributed by atoms with Crippen LogP contribution in [0.1, 0.15) is 28.8 Å². The molecule has 2 rings (SSSR count). The highest BCUT2D eigenvalue weighted by atomic mass is 19.4. The molecule has 1 atom stereocenters. The van der Waals surface area contributed by atoms with E-state index in [2.05, 4.69) is 10.2 Å². The van der Waals surface area contributed by atoms with E-state index < -0.39 is 17.7 Å². The lowest BCUT2D eigenvalue weighted by atomic mass is 10.0. The molecule has 7 heteroatoms. The largest absolute Gasteiger partial charge is 0.478 e. The van der Waals surface area contributed by atoms with E-state index in [0.717, 1.165) is 32.0 Å². The third-order valence-electron chi connectivity index (χ3n) is 3.50. The number of halogens is 3. The molecule has 1 heterocycles. The highest BCUT2D eigenvalue weighted by Gasteiger charge is 2.32. The van der Waals surface area contributed by atoms with Crippen molar-refractivity contribution in [3.8, 4) is 0 Å². The van der Waals surface area contributed by atoms with Crippen molar-refractivity contribution >= 4 is 11.7 Å². The van der Waals surface area contributed by atoms with Crippen molar-refractivity contribution in [3.05, 3.63) is 29.3 Å². The molecule has 0 aromatic heterocycles. The fourth-order valence-electron chi connectivity index (χ4n) is 2.52. The number of nitrogens with one attached hydrogen (secondary N) is 1. The Bertz CT molecular complexity index is 531. The summed E-state index contributed by atoms with van der Waals surface area (Å²) in [7, 11) is 1.95. The normalized spacial score (nSPS) is 20.3. The second kappa shape index (κ2) is 5.93. The Hall–Kier alpha value is -1.76. The fourth-order valence-corrected chi connectivity index (χ4v) is 2.52. The smallest absolute Gasteiger partial charge is 0.416 e. The molecule has 2 N–H and O–H groups in total. The molecule has 1 aromatic rings. The molecule has 0 radical (unpaired) electrons. The molecule has 1 aromatic carbocycles. The zero-order valence-electron chi connectivity index (χ0n) is 11.6. The van der Waals surface area contributed by atoms with Crippen LogP contribution in [0.2, 0.25) is 0 Å². The minimum atomic E-state index is -4.56. The summed E-state index contributed by atoms with van der Waals surface area (Å²) in [6.45, 7) is 1.68. The number of alkyl halides is 3. The number of likely N-dealkylation sites (tertiary alicyclic amines) is 1. The highest BCUT2D eigenvalue weighted by Crippen LogP contribution is 2.32. The summed E-state index contributed by atoms with van der Waals surface area (Å²) in [5.41, 5.74) is -1.12. The number of anilines is 1. The molecule has 1 fully saturated rings. The number of nitrogens with zero attached hydrogens (tertiary/aromatic N) is 1. The number of carboxylic acid groups (broad SMARTS) is 1. The molecule has 1 saturated heterocycles. The van der Waals surface area contributed by atoms with E-state index in [9.17, 15) is 18.0 Å². The molecule has 0 aliphatic carbocycles. The standard InChI is InChI=1S/C14H17F3N2O2/c1-19-4-2-3-11(8-19)18-12-6-9(13(20)21)5-10(7-12)14(15,16)17/h5-7,11,18H,2-4,8H2,1H3,(H,20,21)/t11-/m1/s1. The first-order valence-electron chi connectivity index (χ1n) is 6.66. The lowest BCUT2D eigenvalue weighted by molar-refractivity contribution is -0.137. The van der Waals surface area contributed by atoms with E-state index in [0.29, 0.717) is 6.07 Å². The van der Waals surface area contributed by atoms with Gasteiger partial charge in [0, 0.05) is 18.3 Å². The second-order valence-electron chi connectivity index (χ2n) is 5.35. The van der Waals surface area contributed by atoms with Gasteiger partial charge in [0.25, 0.3) is 0 Å². The Kier molecular flexibility index (Phi) is 4.41. The van der Waals surface area contributed by atoms with Gasteiger partial charge in [0.2, 0.25) is 0 Å². The van der Waals surface area contributed by atoms with Crippen LogP contribution in [0.4, 0.5) is 18.9 Å². The zero-order valence-corrected chi connectivity index (χ0v) is 11.6. The minimum Gasteiger partial charge on any atom is -0.478 e. The lowest BCUT2D eigenvalue weighted by Crippen LogP contribution is -2.39. The Morgan fingerprint density at radius 3 is 2.67 bits per heavy atom. The first-order valence-corrected chi connectivity index (χ1v) is 6.66. The summed E-state index contributed by atoms with van der Waals surface area (Å²) in [6.07, 6.45) is -2.76. The van der Waals surface area contributed by atoms with E-state index in [1.54, 1.807) is 0 Å². The van der Waals surface area contributed by atoms with Gasteiger partial charge < -0.3 is 15.3 Å². The summed E-state index contributed by atoms with van der Waals surface area (Å²) in [6, 6.07) is 2.88. The molecule has 0 bridgehead atoms. The summed E-state index contributed by atoms with van der Waals surface area (Å²) in [4.78, 5) is 13.1. The van der Waals surface area contributed by atoms with Crippen molar-refractivity contribution < 1.29 is 23.1 Å². The monoisotopic (exact) mass is 302 g/mol. The molecule has 0 unspecified atom stereocenters. The number of carbonyl (C=O) groups is 1. The Balaban J connectivity index is 2.25. The third-order valence-corrected chi connectivity index (χ3v) is 3.50. The number of likely N-dealkylation sites (N-methyl/N-ethyl adjacent to an activating group) is 1. The Morgan fingerprint density at radius 1 is 1.38 bits per heavy atom. The van der Waals surface area contributed by atoms with Crippen LogP contribution in [0.3, 0.4) is 0 Å². The van der Waals surface area contributed by atoms with Crippen molar-refractivity contribution in [2.75, 3.05) is 25.5 Å². The molecule has 0 spiro atoms. The number of hydrogen-bond acceptors (Lipinski definition) is 3. The zero-order chi connectivity index (χ0) is 15.6. The predicted molar refractivity (Wildman–Crippen MR) is 72.5 cm³/mol. The van der Waals surface area contributed by atoms with Crippen LogP contribution in [-0.4, -0.2) is 42.2 Å². The van der Waals surface area contributed by atoms with Gasteiger partial charge in [0.05, 0.1) is 11.1 Å². The molecule has 0 amide bonds. The summed E-state index contributed by atoms with van der Waals surface area (Å²) >= 11 is 0. The van der Waals surface area contributed by atoms with Gasteiger partial charge in [-0.2, -0.15) is 13.2 Å². The van der Waals surface area contributed by atoms with Crippen molar-refractivity contribution in [2.24, 2.45) is 0 Å². The molecule has 21 heavy (non-hydrogen) atoms. The van der Waals surface area contributed by atoms with E-state index in [1.807, 2.05) is 7.05 Å². The average molecular weight is 302 g/mol. The molecule has 1 aliphatic rings. The molecule has 0 saturated carbocycles. The van der Waals surface area contributed by atoms with Gasteiger partial charge in [-0.25, -0.2) is 4.79 Å². The number of carboxylic acids is 1. The van der Waals surface area contributed by atoms with Crippen molar-refractivity contribution in [1.29, 1.82) is 0 Å². The van der Waals surface area contributed by atoms with Crippen LogP contribution in [0.25, 0.3) is 0 Å². The second-order valence-corrected chi connectivity index (χ2v) is 5.35. The van der Waals surface area contributed by atoms with Crippen LogP contribution < -0.4 is 5.32 Å². The van der Waals surface area contributed by atoms with Gasteiger partial charge in [0.1, 0.15) is 0 Å². The third kappa shape index (κ3) is 4.10. The Morgan fingerprint density at radius 2 is 2.10 bits per heavy atom. The molecular weight excluding hydrogens is 285 g/mol. The van der Waals surface area contributed by atoms with Gasteiger partial charge >= 0.3 is 12.1 Å². The van der Waals surface area contributed by atoms with Crippen molar-refractivity contribution in [3.63, 3.8) is 0 Å². The highest BCUT2D eigenvalue weighted by molar-refractivity contribution is 5.89. The summed E-state index contributed by atoms with van der Waals surface area (Å²) in [5, 5.41) is 12.0. The van der Waals surface area contributed by atoms with Crippen LogP contribution in [0, 0.1) is 0 Å². The molecule has 1 aliphatic heterocycles. The number of rotatable bonds is 3. The summed E-state index contributed by atoms with van der Waals surface area (Å²) in [5.74, 6) is -1.37. The quantitative estimate of drug-likeness (QED) is 0.901. The number of piperidine rings is 1. The first-order chi connectivity index (χ1) is 9.75. The molecule has 116 valence electrons. The van der Waals surface area contributed by atoms with E-state index >= 15 is 0 Å². The topological polar surface area (TPSA) is 52.6 Å².